The maximum absolute atomic E-state index is 2.28. The Morgan fingerprint density at radius 3 is 0.250 bits per heavy atom. The van der Waals surface area contributed by atoms with Crippen LogP contribution in [0.15, 0.2) is 0 Å². The van der Waals surface area contributed by atoms with Crippen molar-refractivity contribution in [3.8, 4) is 0 Å². The van der Waals surface area contributed by atoms with E-state index in [1.54, 1.807) is 0 Å². The van der Waals surface area contributed by atoms with E-state index in [0.29, 0.717) is 0 Å². The van der Waals surface area contributed by atoms with Gasteiger partial charge in [-0.3, -0.25) is 0 Å². The van der Waals surface area contributed by atoms with E-state index in [1.165, 1.54) is 77.0 Å². The van der Waals surface area contributed by atoms with E-state index >= 15 is 0 Å². The number of hydrogen-bond acceptors (Lipinski definition) is 0. The van der Waals surface area contributed by atoms with Gasteiger partial charge in [0.2, 0.25) is 0 Å². The first-order valence-electron chi connectivity index (χ1n) is 16.8. The van der Waals surface area contributed by atoms with Gasteiger partial charge >= 0.3 is 0 Å². The number of hydrogen-bond donors (Lipinski definition) is 0. The van der Waals surface area contributed by atoms with Gasteiger partial charge in [0, 0.05) is 0 Å². The van der Waals surface area contributed by atoms with Gasteiger partial charge in [-0.1, -0.05) is 202 Å². The van der Waals surface area contributed by atoms with Crippen molar-refractivity contribution in [3.63, 3.8) is 0 Å². The van der Waals surface area contributed by atoms with Gasteiger partial charge < -0.3 is 0 Å². The Hall–Kier alpha value is 0. The normalized spacial score (nSPS) is 10.0. The summed E-state index contributed by atoms with van der Waals surface area (Å²) in [5, 5.41) is 0. The lowest BCUT2D eigenvalue weighted by Gasteiger charge is -1.98. The molecular weight excluding hydrogens is 432 g/mol. The summed E-state index contributed by atoms with van der Waals surface area (Å²) in [6.45, 7) is 40.4. The molecule has 0 bridgehead atoms. The van der Waals surface area contributed by atoms with Gasteiger partial charge in [0.05, 0.1) is 0 Å². The van der Waals surface area contributed by atoms with Crippen molar-refractivity contribution >= 4 is 0 Å². The average molecular weight is 517 g/mol. The van der Waals surface area contributed by atoms with Gasteiger partial charge in [-0.2, -0.15) is 0 Å². The molecule has 0 fully saturated rings. The van der Waals surface area contributed by atoms with Crippen LogP contribution in [0.5, 0.6) is 0 Å². The summed E-state index contributed by atoms with van der Waals surface area (Å²) in [7, 11) is 0. The van der Waals surface area contributed by atoms with E-state index in [2.05, 4.69) is 125 Å². The second-order valence-electron chi connectivity index (χ2n) is 11.5. The Kier molecular flexibility index (Phi) is 61.2. The maximum Gasteiger partial charge on any atom is -0.0448 e. The SMILES string of the molecule is CCC(C)CC.CCC(C)CC.CCC(C)CC.CCC(C)CC.CCC(C)CC.CCC(C)CC. The fourth-order valence-corrected chi connectivity index (χ4v) is 1.73. The number of rotatable bonds is 12. The average Bonchev–Trinajstić information content (AvgIpc) is 2.95. The van der Waals surface area contributed by atoms with Crippen LogP contribution >= 0.6 is 0 Å². The molecule has 0 N–H and O–H groups in total. The highest BCUT2D eigenvalue weighted by molar-refractivity contribution is 4.44. The first-order valence-corrected chi connectivity index (χ1v) is 16.8. The smallest absolute Gasteiger partial charge is 0.0448 e. The van der Waals surface area contributed by atoms with Crippen molar-refractivity contribution in [1.82, 2.24) is 0 Å². The Labute approximate surface area is 237 Å². The predicted octanol–water partition coefficient (Wildman–Crippen LogP) is 14.7. The van der Waals surface area contributed by atoms with Gasteiger partial charge in [0.1, 0.15) is 0 Å². The molecule has 0 nitrogen and oxygen atoms in total. The summed E-state index contributed by atoms with van der Waals surface area (Å²) in [4.78, 5) is 0. The summed E-state index contributed by atoms with van der Waals surface area (Å²) >= 11 is 0. The fourth-order valence-electron chi connectivity index (χ4n) is 1.73. The highest BCUT2D eigenvalue weighted by Gasteiger charge is 1.91. The van der Waals surface area contributed by atoms with Crippen LogP contribution in [-0.2, 0) is 0 Å². The van der Waals surface area contributed by atoms with Crippen LogP contribution in [0.1, 0.15) is 202 Å². The van der Waals surface area contributed by atoms with Crippen molar-refractivity contribution in [2.24, 2.45) is 35.5 Å². The molecule has 0 aromatic carbocycles. The van der Waals surface area contributed by atoms with E-state index in [-0.39, 0.29) is 0 Å². The summed E-state index contributed by atoms with van der Waals surface area (Å²) in [5.74, 6) is 5.61. The Bertz CT molecular complexity index is 193. The third-order valence-electron chi connectivity index (χ3n) is 8.36. The van der Waals surface area contributed by atoms with E-state index in [1.807, 2.05) is 0 Å². The minimum Gasteiger partial charge on any atom is -0.0651 e. The summed E-state index contributed by atoms with van der Waals surface area (Å²) in [5.41, 5.74) is 0. The molecule has 36 heavy (non-hydrogen) atoms. The fraction of sp³-hybridized carbons (Fsp3) is 1.00. The molecular formula is C36H84. The van der Waals surface area contributed by atoms with Crippen molar-refractivity contribution in [3.05, 3.63) is 0 Å². The standard InChI is InChI=1S/6C6H14/c6*1-4-6(3)5-2/h6*6H,4-5H2,1-3H3. The van der Waals surface area contributed by atoms with Crippen LogP contribution in [0, 0.1) is 35.5 Å². The zero-order valence-corrected chi connectivity index (χ0v) is 29.9. The van der Waals surface area contributed by atoms with Crippen LogP contribution in [0.2, 0.25) is 0 Å². The maximum atomic E-state index is 2.28. The van der Waals surface area contributed by atoms with Gasteiger partial charge in [0.25, 0.3) is 0 Å². The molecule has 0 spiro atoms. The minimum absolute atomic E-state index is 0.935. The van der Waals surface area contributed by atoms with Crippen LogP contribution in [-0.4, -0.2) is 0 Å². The summed E-state index contributed by atoms with van der Waals surface area (Å²) in [6, 6.07) is 0. The molecule has 0 saturated heterocycles. The van der Waals surface area contributed by atoms with Crippen molar-refractivity contribution in [2.75, 3.05) is 0 Å². The topological polar surface area (TPSA) is 0 Å². The first-order chi connectivity index (χ1) is 16.8. The molecule has 0 radical (unpaired) electrons. The third-order valence-corrected chi connectivity index (χ3v) is 8.36. The molecule has 0 aliphatic carbocycles. The van der Waals surface area contributed by atoms with Crippen LogP contribution < -0.4 is 0 Å². The largest absolute Gasteiger partial charge is 0.0651 e. The third kappa shape index (κ3) is 64.3. The zero-order valence-electron chi connectivity index (χ0n) is 29.9. The minimum atomic E-state index is 0.935. The highest BCUT2D eigenvalue weighted by atomic mass is 14.0. The Balaban J connectivity index is -0.0000000750. The van der Waals surface area contributed by atoms with Crippen molar-refractivity contribution in [2.45, 2.75) is 202 Å². The molecule has 0 atom stereocenters. The molecule has 0 amide bonds. The zero-order chi connectivity index (χ0) is 29.9. The van der Waals surface area contributed by atoms with Crippen LogP contribution in [0.25, 0.3) is 0 Å². The highest BCUT2D eigenvalue weighted by Crippen LogP contribution is 2.05. The molecule has 0 aliphatic heterocycles. The summed E-state index contributed by atoms with van der Waals surface area (Å²) in [6.07, 6.45) is 16.0. The van der Waals surface area contributed by atoms with E-state index in [4.69, 9.17) is 0 Å². The van der Waals surface area contributed by atoms with Crippen LogP contribution in [0.3, 0.4) is 0 Å². The molecule has 0 aromatic rings. The molecule has 0 rings (SSSR count). The van der Waals surface area contributed by atoms with Gasteiger partial charge in [-0.25, -0.2) is 0 Å². The van der Waals surface area contributed by atoms with E-state index in [0.717, 1.165) is 35.5 Å². The quantitative estimate of drug-likeness (QED) is 0.242. The Morgan fingerprint density at radius 2 is 0.250 bits per heavy atom. The second kappa shape index (κ2) is 45.0. The predicted molar refractivity (Wildman–Crippen MR) is 178 cm³/mol. The molecule has 0 aromatic heterocycles. The second-order valence-corrected chi connectivity index (χ2v) is 11.5. The molecule has 0 heteroatoms. The molecule has 0 unspecified atom stereocenters. The molecule has 228 valence electrons. The monoisotopic (exact) mass is 517 g/mol. The first kappa shape index (κ1) is 49.0. The lowest BCUT2D eigenvalue weighted by Crippen LogP contribution is -1.85. The van der Waals surface area contributed by atoms with Gasteiger partial charge in [-0.15, -0.1) is 0 Å². The van der Waals surface area contributed by atoms with E-state index < -0.39 is 0 Å². The molecule has 0 heterocycles. The van der Waals surface area contributed by atoms with Crippen LogP contribution in [0.4, 0.5) is 0 Å². The molecule has 0 saturated carbocycles. The van der Waals surface area contributed by atoms with Crippen molar-refractivity contribution < 1.29 is 0 Å². The van der Waals surface area contributed by atoms with Crippen molar-refractivity contribution in [1.29, 1.82) is 0 Å². The summed E-state index contributed by atoms with van der Waals surface area (Å²) < 4.78 is 0. The lowest BCUT2D eigenvalue weighted by molar-refractivity contribution is 0.544. The van der Waals surface area contributed by atoms with Gasteiger partial charge in [0.15, 0.2) is 0 Å². The Morgan fingerprint density at radius 1 is 0.194 bits per heavy atom. The van der Waals surface area contributed by atoms with Gasteiger partial charge in [-0.05, 0) is 35.5 Å². The lowest BCUT2D eigenvalue weighted by atomic mass is 10.1. The molecule has 0 aliphatic rings. The van der Waals surface area contributed by atoms with E-state index in [9.17, 15) is 0 Å².